The maximum atomic E-state index is 12.5. The van der Waals surface area contributed by atoms with Crippen LogP contribution in [0.25, 0.3) is 10.2 Å². The lowest BCUT2D eigenvalue weighted by Gasteiger charge is -2.30. The zero-order chi connectivity index (χ0) is 15.2. The Hall–Kier alpha value is -1.45. The van der Waals surface area contributed by atoms with Gasteiger partial charge in [-0.25, -0.2) is 13.6 Å². The van der Waals surface area contributed by atoms with Gasteiger partial charge in [-0.1, -0.05) is 0 Å². The Morgan fingerprint density at radius 1 is 1.43 bits per heavy atom. The molecule has 114 valence electrons. The van der Waals surface area contributed by atoms with E-state index in [0.717, 1.165) is 10.2 Å². The van der Waals surface area contributed by atoms with Crippen LogP contribution in [0.5, 0.6) is 0 Å². The highest BCUT2D eigenvalue weighted by Crippen LogP contribution is 2.27. The fourth-order valence-electron chi connectivity index (χ4n) is 2.59. The fourth-order valence-corrected chi connectivity index (χ4v) is 4.48. The van der Waals surface area contributed by atoms with E-state index in [9.17, 15) is 13.2 Å². The summed E-state index contributed by atoms with van der Waals surface area (Å²) in [5.41, 5.74) is 0. The first-order valence-electron chi connectivity index (χ1n) is 6.58. The van der Waals surface area contributed by atoms with Gasteiger partial charge in [0.05, 0.1) is 16.3 Å². The molecule has 0 aliphatic carbocycles. The molecule has 1 aliphatic rings. The topological polar surface area (TPSA) is 98.3 Å². The first-order valence-corrected chi connectivity index (χ1v) is 9.01. The third-order valence-corrected chi connectivity index (χ3v) is 6.42. The number of rotatable bonds is 2. The van der Waals surface area contributed by atoms with Gasteiger partial charge in [-0.3, -0.25) is 9.48 Å². The molecule has 2 aromatic heterocycles. The average Bonchev–Trinajstić information content (AvgIpc) is 3.00. The van der Waals surface area contributed by atoms with Crippen LogP contribution in [0.15, 0.2) is 12.3 Å². The summed E-state index contributed by atoms with van der Waals surface area (Å²) < 4.78 is 24.4. The summed E-state index contributed by atoms with van der Waals surface area (Å²) in [6.07, 6.45) is 2.53. The van der Waals surface area contributed by atoms with Crippen LogP contribution >= 0.6 is 11.3 Å². The number of aromatic nitrogens is 2. The van der Waals surface area contributed by atoms with Gasteiger partial charge in [-0.2, -0.15) is 5.10 Å². The Kier molecular flexibility index (Phi) is 3.50. The molecule has 0 spiro atoms. The standard InChI is InChI=1S/C12H16N4O3S2/c1-15-12-8(7-14-15)6-10(20-12)11(17)16-4-2-9(3-5-16)21(13,18)19/h6-7,9H,2-5H2,1H3,(H2,13,18,19). The van der Waals surface area contributed by atoms with E-state index in [0.29, 0.717) is 30.8 Å². The number of amides is 1. The number of hydrogen-bond acceptors (Lipinski definition) is 5. The second kappa shape index (κ2) is 5.08. The van der Waals surface area contributed by atoms with Crippen molar-refractivity contribution >= 4 is 37.5 Å². The largest absolute Gasteiger partial charge is 0.338 e. The van der Waals surface area contributed by atoms with E-state index in [1.807, 2.05) is 13.1 Å². The molecule has 21 heavy (non-hydrogen) atoms. The molecule has 1 saturated heterocycles. The van der Waals surface area contributed by atoms with Gasteiger partial charge in [0.1, 0.15) is 4.83 Å². The lowest BCUT2D eigenvalue weighted by molar-refractivity contribution is 0.0730. The van der Waals surface area contributed by atoms with Crippen LogP contribution in [-0.4, -0.2) is 47.3 Å². The number of carbonyl (C=O) groups is 1. The van der Waals surface area contributed by atoms with E-state index in [2.05, 4.69) is 5.10 Å². The normalized spacial score (nSPS) is 17.5. The quantitative estimate of drug-likeness (QED) is 0.869. The Bertz CT molecular complexity index is 785. The van der Waals surface area contributed by atoms with Crippen molar-refractivity contribution in [3.63, 3.8) is 0 Å². The predicted molar refractivity (Wildman–Crippen MR) is 80.6 cm³/mol. The molecular weight excluding hydrogens is 312 g/mol. The predicted octanol–water partition coefficient (Wildman–Crippen LogP) is 0.528. The molecule has 1 fully saturated rings. The first kappa shape index (κ1) is 14.5. The molecule has 0 atom stereocenters. The van der Waals surface area contributed by atoms with Crippen LogP contribution in [0.1, 0.15) is 22.5 Å². The molecule has 0 aromatic carbocycles. The number of likely N-dealkylation sites (tertiary alicyclic amines) is 1. The van der Waals surface area contributed by atoms with E-state index in [1.54, 1.807) is 15.8 Å². The highest BCUT2D eigenvalue weighted by atomic mass is 32.2. The monoisotopic (exact) mass is 328 g/mol. The van der Waals surface area contributed by atoms with E-state index in [1.165, 1.54) is 11.3 Å². The molecule has 0 bridgehead atoms. The Labute approximate surface area is 126 Å². The fraction of sp³-hybridized carbons (Fsp3) is 0.500. The van der Waals surface area contributed by atoms with E-state index >= 15 is 0 Å². The maximum absolute atomic E-state index is 12.5. The molecule has 9 heteroatoms. The zero-order valence-electron chi connectivity index (χ0n) is 11.5. The summed E-state index contributed by atoms with van der Waals surface area (Å²) in [6.45, 7) is 0.846. The Morgan fingerprint density at radius 2 is 2.10 bits per heavy atom. The summed E-state index contributed by atoms with van der Waals surface area (Å²) in [6, 6.07) is 1.83. The summed E-state index contributed by atoms with van der Waals surface area (Å²) in [7, 11) is -1.67. The molecule has 1 aliphatic heterocycles. The van der Waals surface area contributed by atoms with Gasteiger partial charge in [0.25, 0.3) is 5.91 Å². The van der Waals surface area contributed by atoms with Gasteiger partial charge in [-0.15, -0.1) is 11.3 Å². The molecular formula is C12H16N4O3S2. The molecule has 1 amide bonds. The van der Waals surface area contributed by atoms with Gasteiger partial charge < -0.3 is 4.90 Å². The smallest absolute Gasteiger partial charge is 0.264 e. The summed E-state index contributed by atoms with van der Waals surface area (Å²) in [5, 5.41) is 9.70. The van der Waals surface area contributed by atoms with Crippen LogP contribution in [0.3, 0.4) is 0 Å². The van der Waals surface area contributed by atoms with Gasteiger partial charge >= 0.3 is 0 Å². The molecule has 3 rings (SSSR count). The number of carbonyl (C=O) groups excluding carboxylic acids is 1. The van der Waals surface area contributed by atoms with Crippen molar-refractivity contribution in [2.24, 2.45) is 12.2 Å². The minimum atomic E-state index is -3.50. The highest BCUT2D eigenvalue weighted by molar-refractivity contribution is 7.89. The number of aryl methyl sites for hydroxylation is 1. The number of nitrogens with zero attached hydrogens (tertiary/aromatic N) is 3. The van der Waals surface area contributed by atoms with Crippen LogP contribution in [0, 0.1) is 0 Å². The summed E-state index contributed by atoms with van der Waals surface area (Å²) in [5.74, 6) is -0.0518. The van der Waals surface area contributed by atoms with Gasteiger partial charge in [0, 0.05) is 25.5 Å². The molecule has 7 nitrogen and oxygen atoms in total. The van der Waals surface area contributed by atoms with Crippen molar-refractivity contribution in [3.05, 3.63) is 17.1 Å². The second-order valence-corrected chi connectivity index (χ2v) is 8.10. The van der Waals surface area contributed by atoms with E-state index in [4.69, 9.17) is 5.14 Å². The summed E-state index contributed by atoms with van der Waals surface area (Å²) >= 11 is 1.40. The minimum Gasteiger partial charge on any atom is -0.338 e. The summed E-state index contributed by atoms with van der Waals surface area (Å²) in [4.78, 5) is 15.8. The van der Waals surface area contributed by atoms with Crippen molar-refractivity contribution in [3.8, 4) is 0 Å². The van der Waals surface area contributed by atoms with Gasteiger partial charge in [0.15, 0.2) is 0 Å². The lowest BCUT2D eigenvalue weighted by atomic mass is 10.1. The van der Waals surface area contributed by atoms with Crippen molar-refractivity contribution in [2.75, 3.05) is 13.1 Å². The average molecular weight is 328 g/mol. The van der Waals surface area contributed by atoms with Crippen LogP contribution in [0.4, 0.5) is 0 Å². The number of thiophene rings is 1. The first-order chi connectivity index (χ1) is 9.86. The number of nitrogens with two attached hydrogens (primary N) is 1. The van der Waals surface area contributed by atoms with Crippen molar-refractivity contribution in [1.82, 2.24) is 14.7 Å². The third-order valence-electron chi connectivity index (χ3n) is 3.81. The van der Waals surface area contributed by atoms with Gasteiger partial charge in [0.2, 0.25) is 10.0 Å². The van der Waals surface area contributed by atoms with Crippen molar-refractivity contribution in [2.45, 2.75) is 18.1 Å². The van der Waals surface area contributed by atoms with Crippen LogP contribution in [-0.2, 0) is 17.1 Å². The Balaban J connectivity index is 1.74. The zero-order valence-corrected chi connectivity index (χ0v) is 13.2. The Morgan fingerprint density at radius 3 is 2.67 bits per heavy atom. The van der Waals surface area contributed by atoms with E-state index < -0.39 is 15.3 Å². The second-order valence-electron chi connectivity index (χ2n) is 5.22. The van der Waals surface area contributed by atoms with Crippen LogP contribution < -0.4 is 5.14 Å². The van der Waals surface area contributed by atoms with Crippen LogP contribution in [0.2, 0.25) is 0 Å². The molecule has 0 unspecified atom stereocenters. The minimum absolute atomic E-state index is 0.0518. The SMILES string of the molecule is Cn1ncc2cc(C(=O)N3CCC(S(N)(=O)=O)CC3)sc21. The van der Waals surface area contributed by atoms with Crippen molar-refractivity contribution < 1.29 is 13.2 Å². The number of piperidine rings is 1. The molecule has 0 saturated carbocycles. The number of hydrogen-bond donors (Lipinski definition) is 1. The number of sulfonamides is 1. The van der Waals surface area contributed by atoms with Gasteiger partial charge in [-0.05, 0) is 18.9 Å². The maximum Gasteiger partial charge on any atom is 0.264 e. The number of fused-ring (bicyclic) bond motifs is 1. The molecule has 2 N–H and O–H groups in total. The molecule has 2 aromatic rings. The number of primary sulfonamides is 1. The lowest BCUT2D eigenvalue weighted by Crippen LogP contribution is -2.43. The third kappa shape index (κ3) is 2.68. The highest BCUT2D eigenvalue weighted by Gasteiger charge is 2.30. The molecule has 3 heterocycles. The van der Waals surface area contributed by atoms with E-state index in [-0.39, 0.29) is 5.91 Å². The molecule has 0 radical (unpaired) electrons. The van der Waals surface area contributed by atoms with Crippen molar-refractivity contribution in [1.29, 1.82) is 0 Å².